The zero-order chi connectivity index (χ0) is 13.7. The van der Waals surface area contributed by atoms with E-state index in [9.17, 15) is 19.8 Å². The number of Topliss-reactive ketones (excluding diaryl/α,β-unsaturated/α-hetero) is 1. The van der Waals surface area contributed by atoms with Crippen LogP contribution in [0.2, 0.25) is 0 Å². The second-order valence-corrected chi connectivity index (χ2v) is 4.18. The number of rotatable bonds is 6. The zero-order valence-electron chi connectivity index (χ0n) is 10.1. The molecule has 0 amide bonds. The molecule has 0 fully saturated rings. The Balaban J connectivity index is 2.62. The van der Waals surface area contributed by atoms with E-state index in [0.29, 0.717) is 18.4 Å². The Bertz CT molecular complexity index is 465. The highest BCUT2D eigenvalue weighted by atomic mass is 16.4. The number of benzene rings is 1. The van der Waals surface area contributed by atoms with E-state index in [1.54, 1.807) is 6.92 Å². The van der Waals surface area contributed by atoms with Crippen molar-refractivity contribution in [2.24, 2.45) is 0 Å². The number of carbonyl (C=O) groups is 2. The Kier molecular flexibility index (Phi) is 4.71. The molecule has 0 aliphatic rings. The lowest BCUT2D eigenvalue weighted by atomic mass is 10.0. The Hall–Kier alpha value is -2.04. The van der Waals surface area contributed by atoms with Crippen LogP contribution in [0, 0.1) is 6.92 Å². The smallest absolute Gasteiger partial charge is 0.303 e. The lowest BCUT2D eigenvalue weighted by Gasteiger charge is -2.06. The topological polar surface area (TPSA) is 94.8 Å². The van der Waals surface area contributed by atoms with Crippen LogP contribution in [0.15, 0.2) is 12.1 Å². The maximum Gasteiger partial charge on any atom is 0.303 e. The third-order valence-electron chi connectivity index (χ3n) is 2.66. The van der Waals surface area contributed by atoms with E-state index in [0.717, 1.165) is 0 Å². The highest BCUT2D eigenvalue weighted by Gasteiger charge is 2.13. The average Bonchev–Trinajstić information content (AvgIpc) is 2.28. The average molecular weight is 252 g/mol. The molecule has 1 aromatic rings. The highest BCUT2D eigenvalue weighted by Crippen LogP contribution is 2.27. The molecule has 0 unspecified atom stereocenters. The van der Waals surface area contributed by atoms with Crippen molar-refractivity contribution in [1.29, 1.82) is 0 Å². The molecule has 0 bridgehead atoms. The second kappa shape index (κ2) is 6.05. The van der Waals surface area contributed by atoms with Gasteiger partial charge in [-0.2, -0.15) is 0 Å². The number of hydrogen-bond donors (Lipinski definition) is 3. The standard InChI is InChI=1S/C13H16O5/c1-8-6-12(16)9(7-11(8)15)10(14)4-2-3-5-13(17)18/h6-7,15-16H,2-5H2,1H3,(H,17,18). The SMILES string of the molecule is Cc1cc(O)c(C(=O)CCCCC(=O)O)cc1O. The van der Waals surface area contributed by atoms with Crippen LogP contribution in [-0.2, 0) is 4.79 Å². The van der Waals surface area contributed by atoms with Crippen molar-refractivity contribution in [2.45, 2.75) is 32.6 Å². The zero-order valence-corrected chi connectivity index (χ0v) is 10.1. The fourth-order valence-corrected chi connectivity index (χ4v) is 1.60. The van der Waals surface area contributed by atoms with Crippen LogP contribution in [0.3, 0.4) is 0 Å². The van der Waals surface area contributed by atoms with Gasteiger partial charge in [0, 0.05) is 12.8 Å². The number of aromatic hydroxyl groups is 2. The molecule has 5 nitrogen and oxygen atoms in total. The Morgan fingerprint density at radius 2 is 1.67 bits per heavy atom. The van der Waals surface area contributed by atoms with E-state index in [2.05, 4.69) is 0 Å². The Labute approximate surface area is 105 Å². The number of phenols is 2. The first kappa shape index (κ1) is 14.0. The largest absolute Gasteiger partial charge is 0.508 e. The number of ketones is 1. The number of carbonyl (C=O) groups excluding carboxylic acids is 1. The Morgan fingerprint density at radius 3 is 2.28 bits per heavy atom. The predicted octanol–water partition coefficient (Wildman–Crippen LogP) is 2.23. The maximum atomic E-state index is 11.8. The fraction of sp³-hybridized carbons (Fsp3) is 0.385. The highest BCUT2D eigenvalue weighted by molar-refractivity contribution is 5.99. The van der Waals surface area contributed by atoms with E-state index in [-0.39, 0.29) is 35.7 Å². The third-order valence-corrected chi connectivity index (χ3v) is 2.66. The Morgan fingerprint density at radius 1 is 1.06 bits per heavy atom. The van der Waals surface area contributed by atoms with E-state index >= 15 is 0 Å². The molecule has 0 aromatic heterocycles. The molecule has 1 rings (SSSR count). The number of phenolic OH excluding ortho intramolecular Hbond substituents is 2. The monoisotopic (exact) mass is 252 g/mol. The van der Waals surface area contributed by atoms with Gasteiger partial charge in [0.2, 0.25) is 0 Å². The lowest BCUT2D eigenvalue weighted by Crippen LogP contribution is -2.01. The third kappa shape index (κ3) is 3.76. The van der Waals surface area contributed by atoms with Gasteiger partial charge in [-0.1, -0.05) is 0 Å². The van der Waals surface area contributed by atoms with Gasteiger partial charge >= 0.3 is 5.97 Å². The van der Waals surface area contributed by atoms with Crippen LogP contribution in [0.4, 0.5) is 0 Å². The normalized spacial score (nSPS) is 10.3. The van der Waals surface area contributed by atoms with Gasteiger partial charge in [0.15, 0.2) is 5.78 Å². The minimum absolute atomic E-state index is 0.0262. The van der Waals surface area contributed by atoms with Gasteiger partial charge in [-0.05, 0) is 37.5 Å². The van der Waals surface area contributed by atoms with Gasteiger partial charge in [-0.3, -0.25) is 9.59 Å². The van der Waals surface area contributed by atoms with Crippen LogP contribution in [-0.4, -0.2) is 27.1 Å². The summed E-state index contributed by atoms with van der Waals surface area (Å²) in [7, 11) is 0. The van der Waals surface area contributed by atoms with Crippen molar-refractivity contribution in [3.63, 3.8) is 0 Å². The summed E-state index contributed by atoms with van der Waals surface area (Å²) in [5, 5.41) is 27.5. The number of unbranched alkanes of at least 4 members (excludes halogenated alkanes) is 1. The first-order chi connectivity index (χ1) is 8.41. The molecule has 98 valence electrons. The first-order valence-corrected chi connectivity index (χ1v) is 5.69. The summed E-state index contributed by atoms with van der Waals surface area (Å²) < 4.78 is 0. The summed E-state index contributed by atoms with van der Waals surface area (Å²) in [5.41, 5.74) is 0.573. The molecule has 0 atom stereocenters. The van der Waals surface area contributed by atoms with Crippen LogP contribution < -0.4 is 0 Å². The summed E-state index contributed by atoms with van der Waals surface area (Å²) in [4.78, 5) is 22.0. The molecule has 0 saturated carbocycles. The molecule has 0 aliphatic carbocycles. The van der Waals surface area contributed by atoms with Gasteiger partial charge in [0.25, 0.3) is 0 Å². The summed E-state index contributed by atoms with van der Waals surface area (Å²) in [6.07, 6.45) is 1.04. The summed E-state index contributed by atoms with van der Waals surface area (Å²) in [5.74, 6) is -1.39. The van der Waals surface area contributed by atoms with E-state index in [1.807, 2.05) is 0 Å². The number of aliphatic carboxylic acids is 1. The molecule has 0 saturated heterocycles. The van der Waals surface area contributed by atoms with Gasteiger partial charge in [0.05, 0.1) is 5.56 Å². The van der Waals surface area contributed by atoms with Crippen LogP contribution in [0.5, 0.6) is 11.5 Å². The number of hydrogen-bond acceptors (Lipinski definition) is 4. The van der Waals surface area contributed by atoms with Gasteiger partial charge in [-0.25, -0.2) is 0 Å². The molecule has 0 heterocycles. The molecule has 1 aromatic carbocycles. The van der Waals surface area contributed by atoms with Crippen LogP contribution in [0.25, 0.3) is 0 Å². The van der Waals surface area contributed by atoms with Crippen molar-refractivity contribution < 1.29 is 24.9 Å². The predicted molar refractivity (Wildman–Crippen MR) is 64.9 cm³/mol. The number of carboxylic acid groups (broad SMARTS) is 1. The lowest BCUT2D eigenvalue weighted by molar-refractivity contribution is -0.137. The van der Waals surface area contributed by atoms with E-state index < -0.39 is 5.97 Å². The second-order valence-electron chi connectivity index (χ2n) is 4.18. The van der Waals surface area contributed by atoms with Crippen LogP contribution in [0.1, 0.15) is 41.6 Å². The van der Waals surface area contributed by atoms with Crippen molar-refractivity contribution in [1.82, 2.24) is 0 Å². The minimum Gasteiger partial charge on any atom is -0.508 e. The van der Waals surface area contributed by atoms with Crippen molar-refractivity contribution in [3.05, 3.63) is 23.3 Å². The molecule has 18 heavy (non-hydrogen) atoms. The molecule has 0 radical (unpaired) electrons. The fourth-order valence-electron chi connectivity index (χ4n) is 1.60. The molecule has 3 N–H and O–H groups in total. The van der Waals surface area contributed by atoms with E-state index in [1.165, 1.54) is 12.1 Å². The minimum atomic E-state index is -0.890. The number of carboxylic acids is 1. The summed E-state index contributed by atoms with van der Waals surface area (Å²) >= 11 is 0. The maximum absolute atomic E-state index is 11.8. The van der Waals surface area contributed by atoms with Crippen LogP contribution >= 0.6 is 0 Å². The molecular weight excluding hydrogens is 236 g/mol. The number of aryl methyl sites for hydroxylation is 1. The molecule has 0 aliphatic heterocycles. The molecule has 5 heteroatoms. The summed E-state index contributed by atoms with van der Waals surface area (Å²) in [6, 6.07) is 2.57. The van der Waals surface area contributed by atoms with Gasteiger partial charge in [0.1, 0.15) is 11.5 Å². The van der Waals surface area contributed by atoms with E-state index in [4.69, 9.17) is 5.11 Å². The first-order valence-electron chi connectivity index (χ1n) is 5.69. The molecule has 0 spiro atoms. The van der Waals surface area contributed by atoms with Crippen molar-refractivity contribution in [3.8, 4) is 11.5 Å². The summed E-state index contributed by atoms with van der Waals surface area (Å²) in [6.45, 7) is 1.62. The van der Waals surface area contributed by atoms with Crippen molar-refractivity contribution >= 4 is 11.8 Å². The van der Waals surface area contributed by atoms with Gasteiger partial charge in [-0.15, -0.1) is 0 Å². The van der Waals surface area contributed by atoms with Crippen molar-refractivity contribution in [2.75, 3.05) is 0 Å². The van der Waals surface area contributed by atoms with Gasteiger partial charge < -0.3 is 15.3 Å². The quantitative estimate of drug-likeness (QED) is 0.410. The molecular formula is C13H16O5.